The number of nitrogens with zero attached hydrogens (tertiary/aromatic N) is 1. The number of likely N-dealkylation sites (tertiary alicyclic amines) is 1. The highest BCUT2D eigenvalue weighted by Gasteiger charge is 2.28. The third-order valence-electron chi connectivity index (χ3n) is 3.54. The minimum Gasteiger partial charge on any atom is -0.497 e. The van der Waals surface area contributed by atoms with Crippen LogP contribution in [0.25, 0.3) is 0 Å². The zero-order chi connectivity index (χ0) is 14.4. The maximum absolute atomic E-state index is 12.2. The van der Waals surface area contributed by atoms with Crippen molar-refractivity contribution < 1.29 is 14.3 Å². The molecule has 1 heterocycles. The van der Waals surface area contributed by atoms with E-state index in [-0.39, 0.29) is 12.5 Å². The summed E-state index contributed by atoms with van der Waals surface area (Å²) in [6.07, 6.45) is 2.13. The summed E-state index contributed by atoms with van der Waals surface area (Å²) in [6.45, 7) is 1.74. The van der Waals surface area contributed by atoms with Crippen molar-refractivity contribution in [2.45, 2.75) is 18.9 Å². The normalized spacial score (nSPS) is 18.1. The van der Waals surface area contributed by atoms with E-state index in [2.05, 4.69) is 5.32 Å². The summed E-state index contributed by atoms with van der Waals surface area (Å²) in [5, 5.41) is 3.13. The maximum atomic E-state index is 12.2. The van der Waals surface area contributed by atoms with Crippen LogP contribution in [0.1, 0.15) is 12.8 Å². The molecule has 0 aromatic heterocycles. The van der Waals surface area contributed by atoms with E-state index in [0.717, 1.165) is 31.7 Å². The van der Waals surface area contributed by atoms with E-state index in [1.54, 1.807) is 13.2 Å². The molecule has 1 aromatic rings. The Balaban J connectivity index is 1.88. The molecule has 1 fully saturated rings. The second-order valence-electron chi connectivity index (χ2n) is 4.91. The van der Waals surface area contributed by atoms with Crippen molar-refractivity contribution in [3.63, 3.8) is 0 Å². The number of carbonyl (C=O) groups excluding carboxylic acids is 1. The van der Waals surface area contributed by atoms with Gasteiger partial charge >= 0.3 is 0 Å². The Kier molecular flexibility index (Phi) is 5.24. The molecule has 0 aliphatic carbocycles. The number of amides is 1. The Morgan fingerprint density at radius 3 is 3.00 bits per heavy atom. The van der Waals surface area contributed by atoms with E-state index in [0.29, 0.717) is 11.8 Å². The van der Waals surface area contributed by atoms with Gasteiger partial charge in [0.25, 0.3) is 5.91 Å². The van der Waals surface area contributed by atoms with Gasteiger partial charge in [0, 0.05) is 25.2 Å². The van der Waals surface area contributed by atoms with Crippen LogP contribution in [0.4, 0.5) is 0 Å². The summed E-state index contributed by atoms with van der Waals surface area (Å²) >= 11 is 0. The molecular formula is C15H22N2O3. The van der Waals surface area contributed by atoms with Gasteiger partial charge in [0.2, 0.25) is 0 Å². The van der Waals surface area contributed by atoms with Gasteiger partial charge in [-0.05, 0) is 32.0 Å². The molecule has 5 heteroatoms. The Morgan fingerprint density at radius 2 is 2.25 bits per heavy atom. The van der Waals surface area contributed by atoms with E-state index in [9.17, 15) is 4.79 Å². The van der Waals surface area contributed by atoms with Crippen molar-refractivity contribution in [2.24, 2.45) is 0 Å². The van der Waals surface area contributed by atoms with Gasteiger partial charge in [-0.1, -0.05) is 6.07 Å². The number of likely N-dealkylation sites (N-methyl/N-ethyl adjacent to an activating group) is 1. The lowest BCUT2D eigenvalue weighted by Crippen LogP contribution is -2.43. The monoisotopic (exact) mass is 278 g/mol. The summed E-state index contributed by atoms with van der Waals surface area (Å²) in [5.74, 6) is 1.43. The van der Waals surface area contributed by atoms with Crippen LogP contribution in [0.15, 0.2) is 24.3 Å². The van der Waals surface area contributed by atoms with Crippen LogP contribution >= 0.6 is 0 Å². The molecule has 1 N–H and O–H groups in total. The molecule has 5 nitrogen and oxygen atoms in total. The van der Waals surface area contributed by atoms with E-state index >= 15 is 0 Å². The molecular weight excluding hydrogens is 256 g/mol. The molecule has 2 rings (SSSR count). The van der Waals surface area contributed by atoms with Crippen LogP contribution in [-0.2, 0) is 4.79 Å². The van der Waals surface area contributed by atoms with Gasteiger partial charge in [-0.25, -0.2) is 0 Å². The number of hydrogen-bond donors (Lipinski definition) is 1. The highest BCUT2D eigenvalue weighted by Crippen LogP contribution is 2.20. The smallest absolute Gasteiger partial charge is 0.260 e. The highest BCUT2D eigenvalue weighted by atomic mass is 16.5. The molecule has 0 radical (unpaired) electrons. The first kappa shape index (κ1) is 14.7. The van der Waals surface area contributed by atoms with Gasteiger partial charge in [0.15, 0.2) is 6.61 Å². The molecule has 1 atom stereocenters. The topological polar surface area (TPSA) is 50.8 Å². The first-order chi connectivity index (χ1) is 9.74. The summed E-state index contributed by atoms with van der Waals surface area (Å²) in [5.41, 5.74) is 0. The van der Waals surface area contributed by atoms with Gasteiger partial charge in [0.1, 0.15) is 11.5 Å². The zero-order valence-corrected chi connectivity index (χ0v) is 12.1. The van der Waals surface area contributed by atoms with Crippen LogP contribution in [0.2, 0.25) is 0 Å². The lowest BCUT2D eigenvalue weighted by Gasteiger charge is -2.24. The van der Waals surface area contributed by atoms with Crippen LogP contribution in [0.3, 0.4) is 0 Å². The number of carbonyl (C=O) groups is 1. The summed E-state index contributed by atoms with van der Waals surface area (Å²) in [4.78, 5) is 14.1. The van der Waals surface area contributed by atoms with Crippen LogP contribution in [0.5, 0.6) is 11.5 Å². The fourth-order valence-electron chi connectivity index (χ4n) is 2.53. The summed E-state index contributed by atoms with van der Waals surface area (Å²) in [7, 11) is 3.52. The standard InChI is InChI=1S/C15H22N2O3/c1-16-10-12-5-4-8-17(12)15(18)11-20-14-7-3-6-13(9-14)19-2/h3,6-7,9,12,16H,4-5,8,10-11H2,1-2H3. The minimum atomic E-state index is 0.0468. The van der Waals surface area contributed by atoms with Gasteiger partial charge in [-0.2, -0.15) is 0 Å². The molecule has 1 aromatic carbocycles. The molecule has 20 heavy (non-hydrogen) atoms. The Bertz CT molecular complexity index is 450. The fourth-order valence-corrected chi connectivity index (χ4v) is 2.53. The van der Waals surface area contributed by atoms with Crippen molar-refractivity contribution in [2.75, 3.05) is 33.9 Å². The Hall–Kier alpha value is -1.75. The number of benzene rings is 1. The molecule has 1 saturated heterocycles. The molecule has 1 amide bonds. The van der Waals surface area contributed by atoms with E-state index in [4.69, 9.17) is 9.47 Å². The first-order valence-corrected chi connectivity index (χ1v) is 6.95. The van der Waals surface area contributed by atoms with E-state index < -0.39 is 0 Å². The number of nitrogens with one attached hydrogen (secondary N) is 1. The van der Waals surface area contributed by atoms with Crippen molar-refractivity contribution in [3.8, 4) is 11.5 Å². The molecule has 1 aliphatic heterocycles. The van der Waals surface area contributed by atoms with Crippen molar-refractivity contribution in [1.82, 2.24) is 10.2 Å². The molecule has 110 valence electrons. The third-order valence-corrected chi connectivity index (χ3v) is 3.54. The Morgan fingerprint density at radius 1 is 1.45 bits per heavy atom. The number of rotatable bonds is 6. The Labute approximate surface area is 119 Å². The second kappa shape index (κ2) is 7.14. The predicted molar refractivity (Wildman–Crippen MR) is 77.2 cm³/mol. The second-order valence-corrected chi connectivity index (χ2v) is 4.91. The lowest BCUT2D eigenvalue weighted by atomic mass is 10.2. The third kappa shape index (κ3) is 3.63. The van der Waals surface area contributed by atoms with Crippen molar-refractivity contribution >= 4 is 5.91 Å². The highest BCUT2D eigenvalue weighted by molar-refractivity contribution is 5.78. The van der Waals surface area contributed by atoms with Gasteiger partial charge in [-0.15, -0.1) is 0 Å². The number of ether oxygens (including phenoxy) is 2. The summed E-state index contributed by atoms with van der Waals surface area (Å²) < 4.78 is 10.7. The van der Waals surface area contributed by atoms with Crippen LogP contribution < -0.4 is 14.8 Å². The minimum absolute atomic E-state index is 0.0468. The average Bonchev–Trinajstić information content (AvgIpc) is 2.94. The molecule has 0 saturated carbocycles. The van der Waals surface area contributed by atoms with E-state index in [1.165, 1.54) is 0 Å². The predicted octanol–water partition coefficient (Wildman–Crippen LogP) is 1.28. The molecule has 1 aliphatic rings. The van der Waals surface area contributed by atoms with Gasteiger partial charge in [0.05, 0.1) is 7.11 Å². The first-order valence-electron chi connectivity index (χ1n) is 6.95. The maximum Gasteiger partial charge on any atom is 0.260 e. The van der Waals surface area contributed by atoms with Crippen molar-refractivity contribution in [1.29, 1.82) is 0 Å². The lowest BCUT2D eigenvalue weighted by molar-refractivity contribution is -0.134. The van der Waals surface area contributed by atoms with Crippen molar-refractivity contribution in [3.05, 3.63) is 24.3 Å². The molecule has 1 unspecified atom stereocenters. The van der Waals surface area contributed by atoms with Gasteiger partial charge in [-0.3, -0.25) is 4.79 Å². The number of hydrogen-bond acceptors (Lipinski definition) is 4. The van der Waals surface area contributed by atoms with Crippen LogP contribution in [0, 0.1) is 0 Å². The molecule has 0 spiro atoms. The van der Waals surface area contributed by atoms with E-state index in [1.807, 2.05) is 30.1 Å². The SMILES string of the molecule is CNCC1CCCN1C(=O)COc1cccc(OC)c1. The average molecular weight is 278 g/mol. The fraction of sp³-hybridized carbons (Fsp3) is 0.533. The molecule has 0 bridgehead atoms. The van der Waals surface area contributed by atoms with Crippen LogP contribution in [-0.4, -0.2) is 50.7 Å². The number of methoxy groups -OCH3 is 1. The van der Waals surface area contributed by atoms with Gasteiger partial charge < -0.3 is 19.7 Å². The quantitative estimate of drug-likeness (QED) is 0.852. The largest absolute Gasteiger partial charge is 0.497 e. The summed E-state index contributed by atoms with van der Waals surface area (Å²) in [6, 6.07) is 7.59. The zero-order valence-electron chi connectivity index (χ0n) is 12.1.